The van der Waals surface area contributed by atoms with E-state index < -0.39 is 5.54 Å². The number of carbonyl (C=O) groups is 2. The third-order valence-electron chi connectivity index (χ3n) is 5.85. The molecule has 7 heteroatoms. The number of aromatic nitrogens is 1. The van der Waals surface area contributed by atoms with Crippen molar-refractivity contribution in [3.63, 3.8) is 0 Å². The Morgan fingerprint density at radius 3 is 2.39 bits per heavy atom. The second-order valence-electron chi connectivity index (χ2n) is 7.95. The van der Waals surface area contributed by atoms with Gasteiger partial charge in [-0.2, -0.15) is 0 Å². The molecule has 1 heterocycles. The molecule has 0 aliphatic heterocycles. The van der Waals surface area contributed by atoms with Gasteiger partial charge in [0.1, 0.15) is 16.3 Å². The molecule has 31 heavy (non-hydrogen) atoms. The van der Waals surface area contributed by atoms with Gasteiger partial charge >= 0.3 is 0 Å². The largest absolute Gasteiger partial charge is 0.494 e. The van der Waals surface area contributed by atoms with Gasteiger partial charge in [-0.15, -0.1) is 11.3 Å². The zero-order chi connectivity index (χ0) is 22.3. The number of nitrogens with one attached hydrogen (secondary N) is 1. The quantitative estimate of drug-likeness (QED) is 0.622. The number of rotatable bonds is 9. The average molecular weight is 444 g/mol. The molecule has 2 amide bonds. The minimum absolute atomic E-state index is 0.0545. The molecule has 1 aliphatic carbocycles. The van der Waals surface area contributed by atoms with Crippen LogP contribution in [0.4, 0.5) is 0 Å². The van der Waals surface area contributed by atoms with Crippen LogP contribution in [-0.2, 0) is 16.0 Å². The predicted octanol–water partition coefficient (Wildman–Crippen LogP) is 4.44. The summed E-state index contributed by atoms with van der Waals surface area (Å²) in [5, 5.41) is 5.91. The van der Waals surface area contributed by atoms with Gasteiger partial charge in [0.25, 0.3) is 0 Å². The molecule has 0 atom stereocenters. The van der Waals surface area contributed by atoms with Crippen molar-refractivity contribution in [2.45, 2.75) is 64.8 Å². The van der Waals surface area contributed by atoms with Gasteiger partial charge in [0.15, 0.2) is 0 Å². The van der Waals surface area contributed by atoms with Crippen LogP contribution in [0.15, 0.2) is 29.6 Å². The monoisotopic (exact) mass is 443 g/mol. The van der Waals surface area contributed by atoms with E-state index in [9.17, 15) is 9.59 Å². The minimum atomic E-state index is -0.769. The first-order valence-electron chi connectivity index (χ1n) is 11.3. The number of hydrogen-bond donors (Lipinski definition) is 1. The second kappa shape index (κ2) is 10.8. The fourth-order valence-electron chi connectivity index (χ4n) is 4.22. The summed E-state index contributed by atoms with van der Waals surface area (Å²) in [6, 6.07) is 7.82. The lowest BCUT2D eigenvalue weighted by molar-refractivity contribution is -0.143. The highest BCUT2D eigenvalue weighted by atomic mass is 32.1. The molecule has 1 aliphatic rings. The van der Waals surface area contributed by atoms with Crippen molar-refractivity contribution in [1.82, 2.24) is 15.2 Å². The smallest absolute Gasteiger partial charge is 0.248 e. The Morgan fingerprint density at radius 2 is 1.77 bits per heavy atom. The van der Waals surface area contributed by atoms with E-state index in [4.69, 9.17) is 4.74 Å². The van der Waals surface area contributed by atoms with Crippen molar-refractivity contribution >= 4 is 23.2 Å². The first-order chi connectivity index (χ1) is 15.0. The van der Waals surface area contributed by atoms with Gasteiger partial charge in [0.05, 0.1) is 18.7 Å². The van der Waals surface area contributed by atoms with E-state index in [2.05, 4.69) is 10.3 Å². The summed E-state index contributed by atoms with van der Waals surface area (Å²) < 4.78 is 5.49. The van der Waals surface area contributed by atoms with Gasteiger partial charge < -0.3 is 15.0 Å². The molecule has 0 saturated heterocycles. The van der Waals surface area contributed by atoms with Crippen LogP contribution in [0.5, 0.6) is 5.75 Å². The minimum Gasteiger partial charge on any atom is -0.494 e. The Kier molecular flexibility index (Phi) is 8.07. The lowest BCUT2D eigenvalue weighted by atomic mass is 9.80. The summed E-state index contributed by atoms with van der Waals surface area (Å²) in [5.74, 6) is 0.753. The Bertz CT molecular complexity index is 868. The van der Waals surface area contributed by atoms with Gasteiger partial charge in [-0.05, 0) is 57.9 Å². The Labute approximate surface area is 189 Å². The highest BCUT2D eigenvalue weighted by Gasteiger charge is 2.42. The maximum atomic E-state index is 13.2. The molecule has 3 rings (SSSR count). The Hall–Kier alpha value is -2.41. The van der Waals surface area contributed by atoms with Crippen LogP contribution in [0, 0.1) is 0 Å². The summed E-state index contributed by atoms with van der Waals surface area (Å²) in [6.07, 6.45) is 4.64. The van der Waals surface area contributed by atoms with Crippen LogP contribution in [0.25, 0.3) is 10.6 Å². The topological polar surface area (TPSA) is 71.5 Å². The SMILES string of the molecule is CCOc1ccc(-c2nc(CC(=O)NC3(C(=O)N(CC)CC)CCCCC3)cs2)cc1. The average Bonchev–Trinajstić information content (AvgIpc) is 3.24. The van der Waals surface area contributed by atoms with E-state index in [1.807, 2.05) is 55.3 Å². The molecule has 1 saturated carbocycles. The first-order valence-corrected chi connectivity index (χ1v) is 12.2. The third kappa shape index (κ3) is 5.64. The normalized spacial score (nSPS) is 15.3. The van der Waals surface area contributed by atoms with E-state index in [1.54, 1.807) is 0 Å². The maximum absolute atomic E-state index is 13.2. The zero-order valence-electron chi connectivity index (χ0n) is 18.8. The lowest BCUT2D eigenvalue weighted by Crippen LogP contribution is -2.60. The van der Waals surface area contributed by atoms with E-state index in [-0.39, 0.29) is 18.2 Å². The Morgan fingerprint density at radius 1 is 1.10 bits per heavy atom. The molecule has 1 aromatic heterocycles. The number of ether oxygens (including phenoxy) is 1. The number of hydrogen-bond acceptors (Lipinski definition) is 5. The molecule has 1 N–H and O–H groups in total. The molecule has 1 aromatic carbocycles. The molecule has 0 bridgehead atoms. The number of carbonyl (C=O) groups excluding carboxylic acids is 2. The molecular formula is C24H33N3O3S. The molecule has 0 spiro atoms. The summed E-state index contributed by atoms with van der Waals surface area (Å²) >= 11 is 1.52. The van der Waals surface area contributed by atoms with Crippen LogP contribution in [-0.4, -0.2) is 46.9 Å². The second-order valence-corrected chi connectivity index (χ2v) is 8.80. The van der Waals surface area contributed by atoms with Crippen LogP contribution in [0.2, 0.25) is 0 Å². The number of benzene rings is 1. The summed E-state index contributed by atoms with van der Waals surface area (Å²) in [6.45, 7) is 7.87. The van der Waals surface area contributed by atoms with Gasteiger partial charge in [-0.25, -0.2) is 4.98 Å². The summed E-state index contributed by atoms with van der Waals surface area (Å²) in [4.78, 5) is 32.6. The summed E-state index contributed by atoms with van der Waals surface area (Å²) in [7, 11) is 0. The number of nitrogens with zero attached hydrogens (tertiary/aromatic N) is 2. The highest BCUT2D eigenvalue weighted by Crippen LogP contribution is 2.31. The fraction of sp³-hybridized carbons (Fsp3) is 0.542. The number of amides is 2. The van der Waals surface area contributed by atoms with Crippen molar-refractivity contribution < 1.29 is 14.3 Å². The van der Waals surface area contributed by atoms with Crippen LogP contribution in [0.3, 0.4) is 0 Å². The lowest BCUT2D eigenvalue weighted by Gasteiger charge is -2.40. The van der Waals surface area contributed by atoms with Crippen molar-refractivity contribution in [1.29, 1.82) is 0 Å². The first kappa shape index (κ1) is 23.3. The van der Waals surface area contributed by atoms with Crippen molar-refractivity contribution in [3.8, 4) is 16.3 Å². The van der Waals surface area contributed by atoms with Gasteiger partial charge in [-0.3, -0.25) is 9.59 Å². The molecule has 1 fully saturated rings. The predicted molar refractivity (Wildman–Crippen MR) is 124 cm³/mol. The van der Waals surface area contributed by atoms with Gasteiger partial charge in [-0.1, -0.05) is 19.3 Å². The Balaban J connectivity index is 1.68. The molecular weight excluding hydrogens is 410 g/mol. The van der Waals surface area contributed by atoms with Crippen molar-refractivity contribution in [3.05, 3.63) is 35.3 Å². The van der Waals surface area contributed by atoms with Crippen molar-refractivity contribution in [2.24, 2.45) is 0 Å². The van der Waals surface area contributed by atoms with Crippen LogP contribution >= 0.6 is 11.3 Å². The number of thiazole rings is 1. The maximum Gasteiger partial charge on any atom is 0.248 e. The standard InChI is InChI=1S/C24H33N3O3S/c1-4-27(5-2)23(29)24(14-8-7-9-15-24)26-21(28)16-19-17-31-22(25-19)18-10-12-20(13-11-18)30-6-3/h10-13,17H,4-9,14-16H2,1-3H3,(H,26,28). The van der Waals surface area contributed by atoms with E-state index in [1.165, 1.54) is 11.3 Å². The number of likely N-dealkylation sites (N-methyl/N-ethyl adjacent to an activating group) is 1. The zero-order valence-corrected chi connectivity index (χ0v) is 19.6. The molecule has 2 aromatic rings. The summed E-state index contributed by atoms with van der Waals surface area (Å²) in [5.41, 5.74) is 0.961. The molecule has 0 unspecified atom stereocenters. The van der Waals surface area contributed by atoms with Gasteiger partial charge in [0, 0.05) is 24.0 Å². The van der Waals surface area contributed by atoms with E-state index >= 15 is 0 Å². The van der Waals surface area contributed by atoms with Crippen LogP contribution < -0.4 is 10.1 Å². The highest BCUT2D eigenvalue weighted by molar-refractivity contribution is 7.13. The fourth-order valence-corrected chi connectivity index (χ4v) is 5.04. The van der Waals surface area contributed by atoms with Gasteiger partial charge in [0.2, 0.25) is 11.8 Å². The molecule has 0 radical (unpaired) electrons. The van der Waals surface area contributed by atoms with E-state index in [0.29, 0.717) is 32.5 Å². The molecule has 6 nitrogen and oxygen atoms in total. The molecule has 168 valence electrons. The van der Waals surface area contributed by atoms with Crippen LogP contribution in [0.1, 0.15) is 58.6 Å². The van der Waals surface area contributed by atoms with Crippen molar-refractivity contribution in [2.75, 3.05) is 19.7 Å². The van der Waals surface area contributed by atoms with E-state index in [0.717, 1.165) is 41.3 Å². The third-order valence-corrected chi connectivity index (χ3v) is 6.79.